The zero-order chi connectivity index (χ0) is 14.7. The predicted molar refractivity (Wildman–Crippen MR) is 82.2 cm³/mol. The fraction of sp³-hybridized carbons (Fsp3) is 0.294. The molecule has 0 fully saturated rings. The van der Waals surface area contributed by atoms with Crippen LogP contribution in [0.2, 0.25) is 0 Å². The molecule has 3 nitrogen and oxygen atoms in total. The minimum Gasteiger partial charge on any atom is -0.491 e. The van der Waals surface area contributed by atoms with Gasteiger partial charge in [0.1, 0.15) is 18.2 Å². The van der Waals surface area contributed by atoms with Crippen LogP contribution in [0.3, 0.4) is 0 Å². The van der Waals surface area contributed by atoms with Gasteiger partial charge in [-0.3, -0.25) is 0 Å². The molecule has 0 bridgehead atoms. The van der Waals surface area contributed by atoms with Crippen LogP contribution < -0.4 is 15.0 Å². The Hall–Kier alpha value is -2.07. The SMILES string of the molecule is CNCc1cc(F)cc(N2CCOc3ccccc3C2)c1. The molecule has 2 aromatic carbocycles. The Labute approximate surface area is 124 Å². The molecule has 3 rings (SSSR count). The first-order valence-corrected chi connectivity index (χ1v) is 7.16. The minimum absolute atomic E-state index is 0.198. The van der Waals surface area contributed by atoms with Gasteiger partial charge in [-0.05, 0) is 36.9 Å². The Kier molecular flexibility index (Phi) is 4.06. The summed E-state index contributed by atoms with van der Waals surface area (Å²) in [6.45, 7) is 2.75. The third-order valence-electron chi connectivity index (χ3n) is 3.64. The smallest absolute Gasteiger partial charge is 0.125 e. The van der Waals surface area contributed by atoms with E-state index in [2.05, 4.69) is 16.3 Å². The number of halogens is 1. The van der Waals surface area contributed by atoms with Gasteiger partial charge in [0.15, 0.2) is 0 Å². The van der Waals surface area contributed by atoms with Gasteiger partial charge in [-0.25, -0.2) is 4.39 Å². The van der Waals surface area contributed by atoms with Crippen LogP contribution in [-0.4, -0.2) is 20.2 Å². The normalized spacial score (nSPS) is 14.3. The second kappa shape index (κ2) is 6.14. The summed E-state index contributed by atoms with van der Waals surface area (Å²) in [6.07, 6.45) is 0. The van der Waals surface area contributed by atoms with Crippen LogP contribution in [0.5, 0.6) is 5.75 Å². The number of ether oxygens (including phenoxy) is 1. The van der Waals surface area contributed by atoms with Gasteiger partial charge in [0.2, 0.25) is 0 Å². The van der Waals surface area contributed by atoms with Gasteiger partial charge < -0.3 is 15.0 Å². The molecule has 0 saturated heterocycles. The number of benzene rings is 2. The lowest BCUT2D eigenvalue weighted by atomic mass is 10.1. The van der Waals surface area contributed by atoms with Crippen molar-refractivity contribution in [2.75, 3.05) is 25.1 Å². The molecule has 1 heterocycles. The number of anilines is 1. The molecule has 0 radical (unpaired) electrons. The van der Waals surface area contributed by atoms with E-state index in [0.29, 0.717) is 13.2 Å². The van der Waals surface area contributed by atoms with Crippen LogP contribution in [0.25, 0.3) is 0 Å². The molecule has 0 atom stereocenters. The summed E-state index contributed by atoms with van der Waals surface area (Å²) in [7, 11) is 1.86. The van der Waals surface area contributed by atoms with Gasteiger partial charge in [0.05, 0.1) is 6.54 Å². The predicted octanol–water partition coefficient (Wildman–Crippen LogP) is 2.94. The van der Waals surface area contributed by atoms with Crippen molar-refractivity contribution in [2.45, 2.75) is 13.1 Å². The summed E-state index contributed by atoms with van der Waals surface area (Å²) in [5.41, 5.74) is 2.99. The summed E-state index contributed by atoms with van der Waals surface area (Å²) in [4.78, 5) is 2.16. The molecule has 1 N–H and O–H groups in total. The zero-order valence-electron chi connectivity index (χ0n) is 12.1. The topological polar surface area (TPSA) is 24.5 Å². The van der Waals surface area contributed by atoms with Gasteiger partial charge in [-0.2, -0.15) is 0 Å². The molecule has 0 amide bonds. The fourth-order valence-electron chi connectivity index (χ4n) is 2.67. The summed E-state index contributed by atoms with van der Waals surface area (Å²) in [6, 6.07) is 13.2. The lowest BCUT2D eigenvalue weighted by Crippen LogP contribution is -2.25. The van der Waals surface area contributed by atoms with Crippen molar-refractivity contribution in [3.05, 3.63) is 59.4 Å². The Balaban J connectivity index is 1.90. The Bertz CT molecular complexity index is 630. The molecule has 2 aromatic rings. The maximum Gasteiger partial charge on any atom is 0.125 e. The second-order valence-electron chi connectivity index (χ2n) is 5.23. The molecule has 110 valence electrons. The van der Waals surface area contributed by atoms with Crippen molar-refractivity contribution >= 4 is 5.69 Å². The quantitative estimate of drug-likeness (QED) is 0.939. The van der Waals surface area contributed by atoms with Crippen molar-refractivity contribution < 1.29 is 9.13 Å². The van der Waals surface area contributed by atoms with Gasteiger partial charge in [-0.1, -0.05) is 18.2 Å². The first kappa shape index (κ1) is 13.9. The molecule has 4 heteroatoms. The average Bonchev–Trinajstić information content (AvgIpc) is 2.69. The maximum absolute atomic E-state index is 13.8. The molecule has 1 aliphatic rings. The van der Waals surface area contributed by atoms with Crippen molar-refractivity contribution in [3.8, 4) is 5.75 Å². The van der Waals surface area contributed by atoms with E-state index in [1.54, 1.807) is 12.1 Å². The average molecular weight is 286 g/mol. The highest BCUT2D eigenvalue weighted by Crippen LogP contribution is 2.27. The van der Waals surface area contributed by atoms with Crippen LogP contribution in [0.15, 0.2) is 42.5 Å². The number of hydrogen-bond acceptors (Lipinski definition) is 3. The van der Waals surface area contributed by atoms with Crippen LogP contribution in [0.1, 0.15) is 11.1 Å². The number of rotatable bonds is 3. The Morgan fingerprint density at radius 2 is 2.10 bits per heavy atom. The first-order valence-electron chi connectivity index (χ1n) is 7.16. The molecule has 1 aliphatic heterocycles. The maximum atomic E-state index is 13.8. The standard InChI is InChI=1S/C17H19FN2O/c1-19-11-13-8-15(18)10-16(9-13)20-6-7-21-17-5-3-2-4-14(17)12-20/h2-5,8-10,19H,6-7,11-12H2,1H3. The van der Waals surface area contributed by atoms with Gasteiger partial charge in [0, 0.05) is 24.3 Å². The number of para-hydroxylation sites is 1. The fourth-order valence-corrected chi connectivity index (χ4v) is 2.67. The summed E-state index contributed by atoms with van der Waals surface area (Å²) in [5.74, 6) is 0.725. The van der Waals surface area contributed by atoms with E-state index < -0.39 is 0 Å². The molecule has 0 spiro atoms. The van der Waals surface area contributed by atoms with E-state index in [0.717, 1.165) is 35.7 Å². The number of fused-ring (bicyclic) bond motifs is 1. The van der Waals surface area contributed by atoms with Gasteiger partial charge >= 0.3 is 0 Å². The number of nitrogens with zero attached hydrogens (tertiary/aromatic N) is 1. The highest BCUT2D eigenvalue weighted by molar-refractivity contribution is 5.51. The molecule has 0 unspecified atom stereocenters. The van der Waals surface area contributed by atoms with Crippen molar-refractivity contribution in [2.24, 2.45) is 0 Å². The summed E-state index contributed by atoms with van der Waals surface area (Å²) < 4.78 is 19.6. The minimum atomic E-state index is -0.198. The summed E-state index contributed by atoms with van der Waals surface area (Å²) >= 11 is 0. The molecule has 0 saturated carbocycles. The van der Waals surface area contributed by atoms with Crippen LogP contribution in [-0.2, 0) is 13.1 Å². The summed E-state index contributed by atoms with van der Waals surface area (Å²) in [5, 5.41) is 3.06. The third-order valence-corrected chi connectivity index (χ3v) is 3.64. The highest BCUT2D eigenvalue weighted by Gasteiger charge is 2.16. The van der Waals surface area contributed by atoms with E-state index in [1.165, 1.54) is 0 Å². The van der Waals surface area contributed by atoms with Gasteiger partial charge in [-0.15, -0.1) is 0 Å². The van der Waals surface area contributed by atoms with E-state index >= 15 is 0 Å². The van der Waals surface area contributed by atoms with E-state index in [-0.39, 0.29) is 5.82 Å². The van der Waals surface area contributed by atoms with E-state index in [1.807, 2.05) is 31.3 Å². The lowest BCUT2D eigenvalue weighted by molar-refractivity contribution is 0.331. The molecular formula is C17H19FN2O. The largest absolute Gasteiger partial charge is 0.491 e. The Morgan fingerprint density at radius 3 is 2.95 bits per heavy atom. The first-order chi connectivity index (χ1) is 10.3. The molecule has 0 aliphatic carbocycles. The van der Waals surface area contributed by atoms with Crippen LogP contribution in [0, 0.1) is 5.82 Å². The van der Waals surface area contributed by atoms with Crippen LogP contribution in [0.4, 0.5) is 10.1 Å². The highest BCUT2D eigenvalue weighted by atomic mass is 19.1. The van der Waals surface area contributed by atoms with Crippen LogP contribution >= 0.6 is 0 Å². The van der Waals surface area contributed by atoms with E-state index in [4.69, 9.17) is 4.74 Å². The second-order valence-corrected chi connectivity index (χ2v) is 5.23. The molecule has 21 heavy (non-hydrogen) atoms. The van der Waals surface area contributed by atoms with Crippen molar-refractivity contribution in [1.82, 2.24) is 5.32 Å². The molecule has 0 aromatic heterocycles. The monoisotopic (exact) mass is 286 g/mol. The third kappa shape index (κ3) is 3.16. The van der Waals surface area contributed by atoms with Gasteiger partial charge in [0.25, 0.3) is 0 Å². The van der Waals surface area contributed by atoms with E-state index in [9.17, 15) is 4.39 Å². The van der Waals surface area contributed by atoms with Crippen molar-refractivity contribution in [3.63, 3.8) is 0 Å². The Morgan fingerprint density at radius 1 is 1.24 bits per heavy atom. The molecular weight excluding hydrogens is 267 g/mol. The zero-order valence-corrected chi connectivity index (χ0v) is 12.1. The van der Waals surface area contributed by atoms with Crippen molar-refractivity contribution in [1.29, 1.82) is 0 Å². The lowest BCUT2D eigenvalue weighted by Gasteiger charge is -2.23. The number of nitrogens with one attached hydrogen (secondary N) is 1. The number of hydrogen-bond donors (Lipinski definition) is 1.